The lowest BCUT2D eigenvalue weighted by Crippen LogP contribution is -2.03. The van der Waals surface area contributed by atoms with E-state index in [-0.39, 0.29) is 0 Å². The summed E-state index contributed by atoms with van der Waals surface area (Å²) in [5.74, 6) is 0. The van der Waals surface area contributed by atoms with E-state index < -0.39 is 0 Å². The van der Waals surface area contributed by atoms with Gasteiger partial charge >= 0.3 is 0 Å². The molecule has 0 aromatic heterocycles. The largest absolute Gasteiger partial charge is 0.280 e. The van der Waals surface area contributed by atoms with Crippen molar-refractivity contribution in [3.63, 3.8) is 0 Å². The van der Waals surface area contributed by atoms with Crippen molar-refractivity contribution in [1.82, 2.24) is 0 Å². The maximum absolute atomic E-state index is 4.90. The summed E-state index contributed by atoms with van der Waals surface area (Å²) in [5, 5.41) is 0. The number of aliphatic imine (C=N–C) groups is 1. The Morgan fingerprint density at radius 1 is 0.880 bits per heavy atom. The third-order valence-electron chi connectivity index (χ3n) is 4.82. The van der Waals surface area contributed by atoms with Gasteiger partial charge in [0.2, 0.25) is 0 Å². The quantitative estimate of drug-likeness (QED) is 0.573. The van der Waals surface area contributed by atoms with Crippen LogP contribution in [0.25, 0.3) is 5.57 Å². The van der Waals surface area contributed by atoms with Gasteiger partial charge in [-0.25, -0.2) is 0 Å². The number of allylic oxidation sites excluding steroid dienone is 2. The van der Waals surface area contributed by atoms with E-state index >= 15 is 0 Å². The Morgan fingerprint density at radius 3 is 1.88 bits per heavy atom. The average molecular weight is 329 g/mol. The molecule has 0 saturated heterocycles. The predicted octanol–water partition coefficient (Wildman–Crippen LogP) is 6.03. The molecule has 0 bridgehead atoms. The molecule has 0 fully saturated rings. The Bertz CT molecular complexity index is 817. The molecule has 128 valence electrons. The van der Waals surface area contributed by atoms with E-state index in [1.807, 2.05) is 0 Å². The molecule has 0 N–H and O–H groups in total. The van der Waals surface area contributed by atoms with Crippen molar-refractivity contribution < 1.29 is 0 Å². The lowest BCUT2D eigenvalue weighted by molar-refractivity contribution is 1.05. The molecule has 25 heavy (non-hydrogen) atoms. The van der Waals surface area contributed by atoms with Gasteiger partial charge in [-0.3, -0.25) is 4.99 Å². The zero-order valence-electron chi connectivity index (χ0n) is 15.6. The van der Waals surface area contributed by atoms with Gasteiger partial charge in [0.25, 0.3) is 0 Å². The van der Waals surface area contributed by atoms with Crippen molar-refractivity contribution in [2.45, 2.75) is 40.0 Å². The van der Waals surface area contributed by atoms with Crippen molar-refractivity contribution in [2.24, 2.45) is 4.99 Å². The second-order valence-electron chi connectivity index (χ2n) is 6.88. The van der Waals surface area contributed by atoms with Gasteiger partial charge in [-0.15, -0.1) is 0 Å². The van der Waals surface area contributed by atoms with E-state index in [1.54, 1.807) is 0 Å². The molecule has 2 aromatic rings. The van der Waals surface area contributed by atoms with E-state index in [1.165, 1.54) is 39.0 Å². The van der Waals surface area contributed by atoms with Crippen LogP contribution in [0.5, 0.6) is 0 Å². The van der Waals surface area contributed by atoms with E-state index in [4.69, 9.17) is 4.99 Å². The number of aryl methyl sites for hydroxylation is 2. The van der Waals surface area contributed by atoms with E-state index in [0.717, 1.165) is 31.5 Å². The van der Waals surface area contributed by atoms with Gasteiger partial charge in [0.05, 0.1) is 12.3 Å². The summed E-state index contributed by atoms with van der Waals surface area (Å²) >= 11 is 0. The number of hydrogen-bond donors (Lipinski definition) is 0. The van der Waals surface area contributed by atoms with Gasteiger partial charge in [0.15, 0.2) is 0 Å². The average Bonchev–Trinajstić information content (AvgIpc) is 3.04. The highest BCUT2D eigenvalue weighted by molar-refractivity contribution is 6.33. The maximum Gasteiger partial charge on any atom is 0.0729 e. The topological polar surface area (TPSA) is 12.4 Å². The molecule has 1 aliphatic rings. The molecule has 2 aromatic carbocycles. The Labute approximate surface area is 151 Å². The number of benzene rings is 2. The normalized spacial score (nSPS) is 14.0. The molecule has 0 atom stereocenters. The molecule has 0 radical (unpaired) electrons. The molecule has 1 aliphatic heterocycles. The smallest absolute Gasteiger partial charge is 0.0729 e. The van der Waals surface area contributed by atoms with Crippen LogP contribution in [0, 0.1) is 0 Å². The van der Waals surface area contributed by atoms with Crippen LogP contribution >= 0.6 is 0 Å². The minimum Gasteiger partial charge on any atom is -0.280 e. The van der Waals surface area contributed by atoms with Crippen LogP contribution in [-0.2, 0) is 12.8 Å². The first-order valence-corrected chi connectivity index (χ1v) is 9.22. The summed E-state index contributed by atoms with van der Waals surface area (Å²) in [5.41, 5.74) is 10.2. The molecule has 3 rings (SSSR count). The second kappa shape index (κ2) is 7.65. The summed E-state index contributed by atoms with van der Waals surface area (Å²) in [6.07, 6.45) is 3.05. The van der Waals surface area contributed by atoms with Crippen LogP contribution < -0.4 is 0 Å². The van der Waals surface area contributed by atoms with Crippen LogP contribution in [-0.4, -0.2) is 12.3 Å². The van der Waals surface area contributed by atoms with Crippen LogP contribution in [0.3, 0.4) is 0 Å². The Balaban J connectivity index is 2.03. The Kier molecular flexibility index (Phi) is 5.33. The third kappa shape index (κ3) is 3.82. The number of hydrogen-bond acceptors (Lipinski definition) is 1. The first-order valence-electron chi connectivity index (χ1n) is 9.22. The molecular formula is C24H27N. The van der Waals surface area contributed by atoms with Gasteiger partial charge in [0, 0.05) is 11.1 Å². The molecule has 0 saturated carbocycles. The summed E-state index contributed by atoms with van der Waals surface area (Å²) in [6.45, 7) is 11.4. The first kappa shape index (κ1) is 17.4. The summed E-state index contributed by atoms with van der Waals surface area (Å²) < 4.78 is 0. The van der Waals surface area contributed by atoms with Gasteiger partial charge in [-0.05, 0) is 48.4 Å². The summed E-state index contributed by atoms with van der Waals surface area (Å²) in [6, 6.07) is 17.8. The van der Waals surface area contributed by atoms with Crippen molar-refractivity contribution in [3.8, 4) is 0 Å². The van der Waals surface area contributed by atoms with Gasteiger partial charge in [0.1, 0.15) is 0 Å². The van der Waals surface area contributed by atoms with Crippen molar-refractivity contribution in [3.05, 3.63) is 88.5 Å². The fourth-order valence-corrected chi connectivity index (χ4v) is 3.39. The Hall–Kier alpha value is -2.41. The maximum atomic E-state index is 4.90. The lowest BCUT2D eigenvalue weighted by atomic mass is 9.90. The van der Waals surface area contributed by atoms with Crippen LogP contribution in [0.15, 0.2) is 71.2 Å². The molecule has 0 amide bonds. The third-order valence-corrected chi connectivity index (χ3v) is 4.82. The molecular weight excluding hydrogens is 302 g/mol. The van der Waals surface area contributed by atoms with Crippen molar-refractivity contribution >= 4 is 11.3 Å². The SMILES string of the molecule is C=C(C)CC1=C(c2ccc(CC)cc2)C(c2ccc(CC)cc2)=NC1. The summed E-state index contributed by atoms with van der Waals surface area (Å²) in [4.78, 5) is 4.90. The van der Waals surface area contributed by atoms with Crippen LogP contribution in [0.1, 0.15) is 49.4 Å². The molecule has 1 nitrogen and oxygen atoms in total. The fourth-order valence-electron chi connectivity index (χ4n) is 3.39. The van der Waals surface area contributed by atoms with Crippen LogP contribution in [0.4, 0.5) is 0 Å². The number of nitrogens with zero attached hydrogens (tertiary/aromatic N) is 1. The molecule has 0 spiro atoms. The number of rotatable bonds is 6. The van der Waals surface area contributed by atoms with Crippen molar-refractivity contribution in [1.29, 1.82) is 0 Å². The standard InChI is InChI=1S/C24H27N/c1-5-18-7-11-20(12-8-18)23-22(15-17(3)4)16-25-24(23)21-13-9-19(6-2)10-14-21/h7-14H,3,5-6,15-16H2,1-2,4H3. The highest BCUT2D eigenvalue weighted by Crippen LogP contribution is 2.32. The zero-order valence-corrected chi connectivity index (χ0v) is 15.6. The lowest BCUT2D eigenvalue weighted by Gasteiger charge is -2.12. The first-order chi connectivity index (χ1) is 12.1. The highest BCUT2D eigenvalue weighted by Gasteiger charge is 2.22. The predicted molar refractivity (Wildman–Crippen MR) is 109 cm³/mol. The fraction of sp³-hybridized carbons (Fsp3) is 0.292. The highest BCUT2D eigenvalue weighted by atomic mass is 14.8. The van der Waals surface area contributed by atoms with E-state index in [0.29, 0.717) is 0 Å². The Morgan fingerprint density at radius 2 is 1.40 bits per heavy atom. The zero-order chi connectivity index (χ0) is 17.8. The van der Waals surface area contributed by atoms with Crippen LogP contribution in [0.2, 0.25) is 0 Å². The molecule has 0 unspecified atom stereocenters. The molecule has 0 aliphatic carbocycles. The minimum absolute atomic E-state index is 0.780. The van der Waals surface area contributed by atoms with E-state index in [9.17, 15) is 0 Å². The van der Waals surface area contributed by atoms with Gasteiger partial charge < -0.3 is 0 Å². The minimum atomic E-state index is 0.780. The molecule has 1 heterocycles. The molecule has 1 heteroatoms. The monoisotopic (exact) mass is 329 g/mol. The van der Waals surface area contributed by atoms with Gasteiger partial charge in [-0.2, -0.15) is 0 Å². The second-order valence-corrected chi connectivity index (χ2v) is 6.88. The van der Waals surface area contributed by atoms with Gasteiger partial charge in [-0.1, -0.05) is 74.5 Å². The summed E-state index contributed by atoms with van der Waals surface area (Å²) in [7, 11) is 0. The van der Waals surface area contributed by atoms with Crippen molar-refractivity contribution in [2.75, 3.05) is 6.54 Å². The van der Waals surface area contributed by atoms with E-state index in [2.05, 4.69) is 75.9 Å².